The third kappa shape index (κ3) is 5.77. The van der Waals surface area contributed by atoms with E-state index in [1.165, 1.54) is 12.1 Å². The van der Waals surface area contributed by atoms with Gasteiger partial charge in [-0.05, 0) is 61.9 Å². The number of amides is 1. The predicted octanol–water partition coefficient (Wildman–Crippen LogP) is 5.84. The van der Waals surface area contributed by atoms with E-state index in [-0.39, 0.29) is 18.3 Å². The molecule has 0 radical (unpaired) electrons. The van der Waals surface area contributed by atoms with Gasteiger partial charge in [0.2, 0.25) is 0 Å². The van der Waals surface area contributed by atoms with Gasteiger partial charge in [0.25, 0.3) is 5.91 Å². The van der Waals surface area contributed by atoms with Gasteiger partial charge < -0.3 is 19.3 Å². The molecule has 0 unspecified atom stereocenters. The minimum absolute atomic E-state index is 0.222. The van der Waals surface area contributed by atoms with Crippen molar-refractivity contribution in [2.45, 2.75) is 27.1 Å². The molecule has 0 fully saturated rings. The van der Waals surface area contributed by atoms with Crippen LogP contribution in [-0.4, -0.2) is 11.1 Å². The smallest absolute Gasteiger partial charge is 0.255 e. The first kappa shape index (κ1) is 22.1. The zero-order valence-corrected chi connectivity index (χ0v) is 18.3. The lowest BCUT2D eigenvalue weighted by Gasteiger charge is -2.11. The van der Waals surface area contributed by atoms with Gasteiger partial charge in [-0.3, -0.25) is 4.79 Å². The highest BCUT2D eigenvalue weighted by Gasteiger charge is 2.12. The first-order valence-corrected chi connectivity index (χ1v) is 10.4. The van der Waals surface area contributed by atoms with Crippen LogP contribution >= 0.6 is 0 Å². The number of carbonyl (C=O) groups is 1. The number of ether oxygens (including phenoxy) is 2. The van der Waals surface area contributed by atoms with Crippen LogP contribution < -0.4 is 14.8 Å². The molecule has 6 nitrogen and oxygen atoms in total. The van der Waals surface area contributed by atoms with Crippen LogP contribution in [0.3, 0.4) is 0 Å². The van der Waals surface area contributed by atoms with E-state index in [4.69, 9.17) is 14.0 Å². The molecule has 4 rings (SSSR count). The zero-order chi connectivity index (χ0) is 23.2. The molecule has 1 N–H and O–H groups in total. The molecule has 168 valence electrons. The maximum Gasteiger partial charge on any atom is 0.255 e. The Morgan fingerprint density at radius 3 is 2.42 bits per heavy atom. The van der Waals surface area contributed by atoms with Crippen molar-refractivity contribution in [2.75, 3.05) is 5.32 Å². The van der Waals surface area contributed by atoms with E-state index in [0.717, 1.165) is 16.8 Å². The summed E-state index contributed by atoms with van der Waals surface area (Å²) in [7, 11) is 0. The van der Waals surface area contributed by atoms with Gasteiger partial charge in [0.1, 0.15) is 36.3 Å². The van der Waals surface area contributed by atoms with E-state index in [2.05, 4.69) is 10.5 Å². The van der Waals surface area contributed by atoms with Gasteiger partial charge in [-0.1, -0.05) is 29.4 Å². The molecular formula is C26H23FN2O4. The van der Waals surface area contributed by atoms with Crippen LogP contribution in [0.5, 0.6) is 11.5 Å². The van der Waals surface area contributed by atoms with Crippen LogP contribution in [-0.2, 0) is 13.2 Å². The van der Waals surface area contributed by atoms with Gasteiger partial charge in [-0.15, -0.1) is 0 Å². The average molecular weight is 446 g/mol. The Labute approximate surface area is 190 Å². The summed E-state index contributed by atoms with van der Waals surface area (Å²) in [4.78, 5) is 12.8. The molecule has 0 bridgehead atoms. The fraction of sp³-hybridized carbons (Fsp3) is 0.154. The quantitative estimate of drug-likeness (QED) is 0.368. The Morgan fingerprint density at radius 2 is 1.67 bits per heavy atom. The first-order valence-electron chi connectivity index (χ1n) is 10.4. The van der Waals surface area contributed by atoms with E-state index in [1.807, 2.05) is 13.8 Å². The third-order valence-corrected chi connectivity index (χ3v) is 5.05. The minimum atomic E-state index is -0.310. The lowest BCUT2D eigenvalue weighted by atomic mass is 10.2. The first-order chi connectivity index (χ1) is 16.0. The monoisotopic (exact) mass is 446 g/mol. The summed E-state index contributed by atoms with van der Waals surface area (Å²) in [5, 5.41) is 6.78. The fourth-order valence-electron chi connectivity index (χ4n) is 3.25. The Balaban J connectivity index is 1.38. The summed E-state index contributed by atoms with van der Waals surface area (Å²) in [6.07, 6.45) is 0. The summed E-state index contributed by atoms with van der Waals surface area (Å²) in [6, 6.07) is 20.2. The highest BCUT2D eigenvalue weighted by Crippen LogP contribution is 2.22. The molecule has 0 spiro atoms. The fourth-order valence-corrected chi connectivity index (χ4v) is 3.25. The van der Waals surface area contributed by atoms with E-state index < -0.39 is 0 Å². The van der Waals surface area contributed by atoms with Crippen LogP contribution in [0.4, 0.5) is 10.1 Å². The second-order valence-electron chi connectivity index (χ2n) is 7.52. The molecule has 0 aliphatic heterocycles. The summed E-state index contributed by atoms with van der Waals surface area (Å²) in [5.41, 5.74) is 3.43. The van der Waals surface area contributed by atoms with Crippen LogP contribution in [0.2, 0.25) is 0 Å². The highest BCUT2D eigenvalue weighted by atomic mass is 19.1. The second-order valence-corrected chi connectivity index (χ2v) is 7.52. The van der Waals surface area contributed by atoms with E-state index >= 15 is 0 Å². The molecule has 0 atom stereocenters. The number of aromatic nitrogens is 1. The van der Waals surface area contributed by atoms with Gasteiger partial charge in [0.15, 0.2) is 0 Å². The molecular weight excluding hydrogens is 423 g/mol. The maximum absolute atomic E-state index is 13.3. The number of hydrogen-bond donors (Lipinski definition) is 1. The molecule has 33 heavy (non-hydrogen) atoms. The lowest BCUT2D eigenvalue weighted by molar-refractivity contribution is 0.102. The molecule has 0 saturated carbocycles. The number of anilines is 1. The largest absolute Gasteiger partial charge is 0.489 e. The van der Waals surface area contributed by atoms with Crippen molar-refractivity contribution in [1.29, 1.82) is 0 Å². The van der Waals surface area contributed by atoms with E-state index in [1.54, 1.807) is 60.7 Å². The topological polar surface area (TPSA) is 73.6 Å². The number of carbonyl (C=O) groups excluding carboxylic acids is 1. The minimum Gasteiger partial charge on any atom is -0.489 e. The number of nitrogens with one attached hydrogen (secondary N) is 1. The molecule has 0 saturated heterocycles. The molecule has 1 heterocycles. The number of rotatable bonds is 8. The normalized spacial score (nSPS) is 10.6. The molecule has 1 aromatic heterocycles. The van der Waals surface area contributed by atoms with Gasteiger partial charge in [-0.2, -0.15) is 0 Å². The second kappa shape index (κ2) is 9.99. The standard InChI is InChI=1S/C26H23FN2O4/c1-17-25(18(2)33-29-17)16-32-23-10-4-7-20(13-23)26(30)28-22-9-5-11-24(14-22)31-15-19-6-3-8-21(27)12-19/h3-14H,15-16H2,1-2H3,(H,28,30). The van der Waals surface area contributed by atoms with Gasteiger partial charge in [-0.25, -0.2) is 4.39 Å². The Kier molecular flexibility index (Phi) is 6.69. The maximum atomic E-state index is 13.3. The summed E-state index contributed by atoms with van der Waals surface area (Å²) in [6.45, 7) is 4.21. The molecule has 4 aromatic rings. The van der Waals surface area contributed by atoms with Crippen LogP contribution in [0.15, 0.2) is 77.3 Å². The van der Waals surface area contributed by atoms with Gasteiger partial charge in [0.05, 0.1) is 11.3 Å². The average Bonchev–Trinajstić information content (AvgIpc) is 3.14. The molecule has 3 aromatic carbocycles. The SMILES string of the molecule is Cc1noc(C)c1COc1cccc(C(=O)Nc2cccc(OCc3cccc(F)c3)c2)c1. The van der Waals surface area contributed by atoms with E-state index in [9.17, 15) is 9.18 Å². The number of aryl methyl sites for hydroxylation is 2. The molecule has 0 aliphatic carbocycles. The van der Waals surface area contributed by atoms with Crippen LogP contribution in [0.25, 0.3) is 0 Å². The van der Waals surface area contributed by atoms with Crippen LogP contribution in [0.1, 0.15) is 32.9 Å². The predicted molar refractivity (Wildman–Crippen MR) is 122 cm³/mol. The number of nitrogens with zero attached hydrogens (tertiary/aromatic N) is 1. The summed E-state index contributed by atoms with van der Waals surface area (Å²) in [5.74, 6) is 1.25. The van der Waals surface area contributed by atoms with Crippen molar-refractivity contribution >= 4 is 11.6 Å². The van der Waals surface area contributed by atoms with E-state index in [0.29, 0.717) is 35.1 Å². The van der Waals surface area contributed by atoms with Crippen molar-refractivity contribution in [2.24, 2.45) is 0 Å². The van der Waals surface area contributed by atoms with Crippen molar-refractivity contribution in [1.82, 2.24) is 5.16 Å². The Bertz CT molecular complexity index is 1250. The van der Waals surface area contributed by atoms with Crippen molar-refractivity contribution in [3.8, 4) is 11.5 Å². The lowest BCUT2D eigenvalue weighted by Crippen LogP contribution is -2.12. The van der Waals surface area contributed by atoms with Gasteiger partial charge >= 0.3 is 0 Å². The molecule has 0 aliphatic rings. The Morgan fingerprint density at radius 1 is 0.939 bits per heavy atom. The third-order valence-electron chi connectivity index (χ3n) is 5.05. The number of hydrogen-bond acceptors (Lipinski definition) is 5. The van der Waals surface area contributed by atoms with Crippen molar-refractivity contribution in [3.63, 3.8) is 0 Å². The summed E-state index contributed by atoms with van der Waals surface area (Å²) < 4.78 is 30.0. The van der Waals surface area contributed by atoms with Crippen molar-refractivity contribution < 1.29 is 23.2 Å². The van der Waals surface area contributed by atoms with Crippen molar-refractivity contribution in [3.05, 3.63) is 107 Å². The number of benzene rings is 3. The highest BCUT2D eigenvalue weighted by molar-refractivity contribution is 6.04. The summed E-state index contributed by atoms with van der Waals surface area (Å²) >= 11 is 0. The van der Waals surface area contributed by atoms with Gasteiger partial charge in [0, 0.05) is 17.3 Å². The van der Waals surface area contributed by atoms with Crippen LogP contribution in [0, 0.1) is 19.7 Å². The zero-order valence-electron chi connectivity index (χ0n) is 18.3. The number of halogens is 1. The molecule has 1 amide bonds. The Hall–Kier alpha value is -4.13. The molecule has 7 heteroatoms.